The van der Waals surface area contributed by atoms with Crippen molar-refractivity contribution < 1.29 is 24.4 Å². The van der Waals surface area contributed by atoms with E-state index in [4.69, 9.17) is 14.2 Å². The molecule has 22 heavy (non-hydrogen) atoms. The van der Waals surface area contributed by atoms with Gasteiger partial charge in [0, 0.05) is 0 Å². The van der Waals surface area contributed by atoms with Gasteiger partial charge < -0.3 is 24.4 Å². The summed E-state index contributed by atoms with van der Waals surface area (Å²) >= 11 is 0. The molecule has 0 aromatic heterocycles. The van der Waals surface area contributed by atoms with Crippen molar-refractivity contribution >= 4 is 0 Å². The minimum atomic E-state index is -0.310. The van der Waals surface area contributed by atoms with E-state index in [2.05, 4.69) is 0 Å². The summed E-state index contributed by atoms with van der Waals surface area (Å²) in [4.78, 5) is 0. The second-order valence-electron chi connectivity index (χ2n) is 5.15. The van der Waals surface area contributed by atoms with Crippen LogP contribution < -0.4 is 9.47 Å². The zero-order valence-electron chi connectivity index (χ0n) is 12.5. The predicted molar refractivity (Wildman–Crippen MR) is 80.8 cm³/mol. The van der Waals surface area contributed by atoms with Crippen molar-refractivity contribution in [1.82, 2.24) is 0 Å². The fourth-order valence-corrected chi connectivity index (χ4v) is 2.77. The highest BCUT2D eigenvalue weighted by molar-refractivity contribution is 5.51. The molecule has 1 aliphatic rings. The fourth-order valence-electron chi connectivity index (χ4n) is 2.77. The van der Waals surface area contributed by atoms with Crippen LogP contribution >= 0.6 is 0 Å². The first-order valence-corrected chi connectivity index (χ1v) is 7.02. The molecular formula is C17H18O5. The summed E-state index contributed by atoms with van der Waals surface area (Å²) in [5.41, 5.74) is 2.73. The summed E-state index contributed by atoms with van der Waals surface area (Å²) in [5, 5.41) is 19.4. The van der Waals surface area contributed by atoms with Crippen LogP contribution in [0.3, 0.4) is 0 Å². The maximum Gasteiger partial charge on any atom is 0.161 e. The van der Waals surface area contributed by atoms with Crippen LogP contribution in [-0.2, 0) is 11.2 Å². The summed E-state index contributed by atoms with van der Waals surface area (Å²) in [5.74, 6) is 1.02. The molecule has 0 saturated carbocycles. The largest absolute Gasteiger partial charge is 0.504 e. The zero-order chi connectivity index (χ0) is 15.7. The van der Waals surface area contributed by atoms with Crippen molar-refractivity contribution in [2.24, 2.45) is 0 Å². The molecule has 0 saturated heterocycles. The molecule has 0 aliphatic carbocycles. The van der Waals surface area contributed by atoms with Gasteiger partial charge in [-0.3, -0.25) is 0 Å². The average molecular weight is 302 g/mol. The first kappa shape index (κ1) is 14.5. The number of hydrogen-bond donors (Lipinski definition) is 2. The lowest BCUT2D eigenvalue weighted by Gasteiger charge is -2.27. The molecule has 0 amide bonds. The third kappa shape index (κ3) is 2.44. The Hall–Kier alpha value is -2.40. The number of fused-ring (bicyclic) bond motifs is 1. The average Bonchev–Trinajstić information content (AvgIpc) is 2.54. The van der Waals surface area contributed by atoms with Gasteiger partial charge in [0.25, 0.3) is 0 Å². The number of methoxy groups -OCH3 is 2. The van der Waals surface area contributed by atoms with Crippen molar-refractivity contribution in [1.29, 1.82) is 0 Å². The molecule has 1 atom stereocenters. The number of ether oxygens (including phenoxy) is 3. The van der Waals surface area contributed by atoms with E-state index in [0.717, 1.165) is 16.7 Å². The van der Waals surface area contributed by atoms with Gasteiger partial charge in [-0.2, -0.15) is 0 Å². The summed E-state index contributed by atoms with van der Waals surface area (Å²) in [6, 6.07) is 8.76. The maximum absolute atomic E-state index is 9.77. The number of hydrogen-bond acceptors (Lipinski definition) is 5. The first-order chi connectivity index (χ1) is 10.6. The molecule has 5 heteroatoms. The monoisotopic (exact) mass is 302 g/mol. The van der Waals surface area contributed by atoms with Crippen LogP contribution in [0, 0.1) is 0 Å². The van der Waals surface area contributed by atoms with E-state index >= 15 is 0 Å². The van der Waals surface area contributed by atoms with Crippen LogP contribution in [-0.4, -0.2) is 31.0 Å². The summed E-state index contributed by atoms with van der Waals surface area (Å²) in [7, 11) is 3.17. The fraction of sp³-hybridized carbons (Fsp3) is 0.294. The van der Waals surface area contributed by atoms with E-state index in [1.165, 1.54) is 0 Å². The molecule has 1 unspecified atom stereocenters. The zero-order valence-corrected chi connectivity index (χ0v) is 12.5. The van der Waals surface area contributed by atoms with Crippen LogP contribution in [0.1, 0.15) is 22.8 Å². The van der Waals surface area contributed by atoms with Gasteiger partial charge in [0.1, 0.15) is 6.10 Å². The maximum atomic E-state index is 9.77. The van der Waals surface area contributed by atoms with E-state index in [9.17, 15) is 10.2 Å². The van der Waals surface area contributed by atoms with Crippen molar-refractivity contribution in [3.63, 3.8) is 0 Å². The SMILES string of the molecule is COc1ccc(C2OCCc3cc(O)c(O)cc32)cc1OC. The van der Waals surface area contributed by atoms with Gasteiger partial charge in [-0.25, -0.2) is 0 Å². The topological polar surface area (TPSA) is 68.2 Å². The molecule has 3 rings (SSSR count). The number of phenolic OH excluding ortho intramolecular Hbond substituents is 2. The number of benzene rings is 2. The van der Waals surface area contributed by atoms with Crippen LogP contribution in [0.5, 0.6) is 23.0 Å². The Balaban J connectivity index is 2.06. The van der Waals surface area contributed by atoms with Crippen molar-refractivity contribution in [2.45, 2.75) is 12.5 Å². The molecule has 5 nitrogen and oxygen atoms in total. The van der Waals surface area contributed by atoms with E-state index in [0.29, 0.717) is 24.5 Å². The molecule has 0 radical (unpaired) electrons. The lowest BCUT2D eigenvalue weighted by Crippen LogP contribution is -2.17. The molecule has 1 heterocycles. The highest BCUT2D eigenvalue weighted by Gasteiger charge is 2.25. The Labute approximate surface area is 128 Å². The van der Waals surface area contributed by atoms with Gasteiger partial charge >= 0.3 is 0 Å². The van der Waals surface area contributed by atoms with Gasteiger partial charge in [0.2, 0.25) is 0 Å². The molecule has 0 fully saturated rings. The molecule has 0 spiro atoms. The van der Waals surface area contributed by atoms with Crippen molar-refractivity contribution in [3.8, 4) is 23.0 Å². The van der Waals surface area contributed by atoms with Crippen LogP contribution in [0.4, 0.5) is 0 Å². The molecule has 0 bridgehead atoms. The van der Waals surface area contributed by atoms with E-state index in [1.54, 1.807) is 26.4 Å². The molecular weight excluding hydrogens is 284 g/mol. The Bertz CT molecular complexity index is 696. The Kier molecular flexibility index (Phi) is 3.81. The third-order valence-electron chi connectivity index (χ3n) is 3.89. The van der Waals surface area contributed by atoms with Crippen molar-refractivity contribution in [2.75, 3.05) is 20.8 Å². The van der Waals surface area contributed by atoms with Gasteiger partial charge in [0.05, 0.1) is 20.8 Å². The van der Waals surface area contributed by atoms with Crippen LogP contribution in [0.15, 0.2) is 30.3 Å². The minimum Gasteiger partial charge on any atom is -0.504 e. The second kappa shape index (κ2) is 5.77. The lowest BCUT2D eigenvalue weighted by molar-refractivity contribution is 0.0693. The van der Waals surface area contributed by atoms with E-state index in [1.807, 2.05) is 18.2 Å². The first-order valence-electron chi connectivity index (χ1n) is 7.02. The minimum absolute atomic E-state index is 0.105. The number of phenols is 2. The standard InChI is InChI=1S/C17H18O5/c1-20-15-4-3-11(8-16(15)21-2)17-12-9-14(19)13(18)7-10(12)5-6-22-17/h3-4,7-9,17-19H,5-6H2,1-2H3. The Morgan fingerprint density at radius 2 is 1.73 bits per heavy atom. The second-order valence-corrected chi connectivity index (χ2v) is 5.15. The Morgan fingerprint density at radius 3 is 2.45 bits per heavy atom. The van der Waals surface area contributed by atoms with E-state index in [-0.39, 0.29) is 17.6 Å². The van der Waals surface area contributed by atoms with Gasteiger partial charge in [-0.1, -0.05) is 6.07 Å². The number of aromatic hydroxyl groups is 2. The highest BCUT2D eigenvalue weighted by Crippen LogP contribution is 2.40. The molecule has 2 N–H and O–H groups in total. The normalized spacial score (nSPS) is 16.9. The van der Waals surface area contributed by atoms with Crippen LogP contribution in [0.2, 0.25) is 0 Å². The molecule has 116 valence electrons. The Morgan fingerprint density at radius 1 is 1.00 bits per heavy atom. The summed E-state index contributed by atoms with van der Waals surface area (Å²) in [6.07, 6.45) is 0.391. The van der Waals surface area contributed by atoms with E-state index < -0.39 is 0 Å². The summed E-state index contributed by atoms with van der Waals surface area (Å²) < 4.78 is 16.4. The van der Waals surface area contributed by atoms with Crippen molar-refractivity contribution in [3.05, 3.63) is 47.0 Å². The third-order valence-corrected chi connectivity index (χ3v) is 3.89. The van der Waals surface area contributed by atoms with Crippen LogP contribution in [0.25, 0.3) is 0 Å². The van der Waals surface area contributed by atoms with Gasteiger partial charge in [0.15, 0.2) is 23.0 Å². The predicted octanol–water partition coefficient (Wildman–Crippen LogP) is 2.78. The quantitative estimate of drug-likeness (QED) is 0.853. The highest BCUT2D eigenvalue weighted by atomic mass is 16.5. The smallest absolute Gasteiger partial charge is 0.161 e. The molecule has 1 aliphatic heterocycles. The lowest BCUT2D eigenvalue weighted by atomic mass is 9.92. The van der Waals surface area contributed by atoms with Gasteiger partial charge in [-0.05, 0) is 47.4 Å². The van der Waals surface area contributed by atoms with Gasteiger partial charge in [-0.15, -0.1) is 0 Å². The molecule has 2 aromatic carbocycles. The molecule has 2 aromatic rings. The number of rotatable bonds is 3. The summed E-state index contributed by atoms with van der Waals surface area (Å²) in [6.45, 7) is 0.552.